The molecule has 1 aliphatic heterocycles. The van der Waals surface area contributed by atoms with Crippen molar-refractivity contribution in [3.63, 3.8) is 0 Å². The molecule has 0 saturated heterocycles. The first kappa shape index (κ1) is 29.6. The van der Waals surface area contributed by atoms with Crippen LogP contribution in [0.5, 0.6) is 0 Å². The highest BCUT2D eigenvalue weighted by Gasteiger charge is 2.50. The van der Waals surface area contributed by atoms with Crippen molar-refractivity contribution < 1.29 is 18.0 Å². The third kappa shape index (κ3) is 5.88. The molecular weight excluding hydrogens is 573 g/mol. The van der Waals surface area contributed by atoms with E-state index >= 15 is 4.39 Å². The van der Waals surface area contributed by atoms with E-state index in [9.17, 15) is 14.0 Å². The van der Waals surface area contributed by atoms with Gasteiger partial charge < -0.3 is 9.74 Å². The van der Waals surface area contributed by atoms with Crippen LogP contribution in [-0.2, 0) is 4.43 Å². The normalized spacial score (nSPS) is 17.1. The number of rotatable bonds is 8. The number of amides is 1. The Labute approximate surface area is 248 Å². The molecule has 4 aromatic rings. The third-order valence-electron chi connectivity index (χ3n) is 7.19. The fraction of sp³-hybridized carbons (Fsp3) is 0.219. The van der Waals surface area contributed by atoms with Crippen molar-refractivity contribution in [2.75, 3.05) is 11.9 Å². The van der Waals surface area contributed by atoms with Crippen LogP contribution in [0.3, 0.4) is 0 Å². The van der Waals surface area contributed by atoms with Crippen LogP contribution < -0.4 is 21.4 Å². The molecule has 0 bridgehead atoms. The Hall–Kier alpha value is -3.86. The van der Waals surface area contributed by atoms with Gasteiger partial charge >= 0.3 is 5.69 Å². The highest BCUT2D eigenvalue weighted by atomic mass is 32.2. The van der Waals surface area contributed by atoms with Gasteiger partial charge in [0.1, 0.15) is 11.2 Å². The third-order valence-corrected chi connectivity index (χ3v) is 13.5. The number of aromatic nitrogens is 2. The van der Waals surface area contributed by atoms with Gasteiger partial charge in [-0.25, -0.2) is 13.6 Å². The van der Waals surface area contributed by atoms with E-state index in [1.54, 1.807) is 30.3 Å². The molecule has 1 aromatic heterocycles. The van der Waals surface area contributed by atoms with Crippen molar-refractivity contribution in [1.29, 1.82) is 0 Å². The van der Waals surface area contributed by atoms with Crippen molar-refractivity contribution in [1.82, 2.24) is 9.55 Å². The van der Waals surface area contributed by atoms with Crippen LogP contribution in [-0.4, -0.2) is 35.6 Å². The Morgan fingerprint density at radius 3 is 2.05 bits per heavy atom. The summed E-state index contributed by atoms with van der Waals surface area (Å²) < 4.78 is 38.1. The van der Waals surface area contributed by atoms with Crippen LogP contribution in [0.15, 0.2) is 114 Å². The summed E-state index contributed by atoms with van der Waals surface area (Å²) >= 11 is 1.15. The minimum absolute atomic E-state index is 0.192. The molecule has 0 fully saturated rings. The van der Waals surface area contributed by atoms with Crippen molar-refractivity contribution in [2.24, 2.45) is 0 Å². The zero-order valence-electron chi connectivity index (χ0n) is 23.5. The van der Waals surface area contributed by atoms with E-state index in [0.717, 1.165) is 32.9 Å². The molecule has 1 N–H and O–H groups in total. The van der Waals surface area contributed by atoms with E-state index < -0.39 is 48.0 Å². The maximum Gasteiger partial charge on any atom is 0.351 e. The summed E-state index contributed by atoms with van der Waals surface area (Å²) in [5.74, 6) is -2.65. The predicted molar refractivity (Wildman–Crippen MR) is 166 cm³/mol. The number of thioether (sulfide) groups is 1. The lowest BCUT2D eigenvalue weighted by Gasteiger charge is -2.43. The monoisotopic (exact) mass is 603 g/mol. The van der Waals surface area contributed by atoms with Gasteiger partial charge in [0.25, 0.3) is 14.2 Å². The number of nitrogens with zero attached hydrogens (tertiary/aromatic N) is 2. The molecule has 1 aliphatic rings. The maximum absolute atomic E-state index is 15.3. The minimum atomic E-state index is -2.86. The number of hydrogen-bond acceptors (Lipinski definition) is 5. The fourth-order valence-corrected chi connectivity index (χ4v) is 11.1. The summed E-state index contributed by atoms with van der Waals surface area (Å²) in [6.07, 6.45) is 2.30. The van der Waals surface area contributed by atoms with Gasteiger partial charge in [-0.2, -0.15) is 4.98 Å². The quantitative estimate of drug-likeness (QED) is 0.263. The van der Waals surface area contributed by atoms with Gasteiger partial charge in [-0.15, -0.1) is 11.8 Å². The fourth-order valence-electron chi connectivity index (χ4n) is 5.25. The van der Waals surface area contributed by atoms with Crippen LogP contribution >= 0.6 is 11.8 Å². The molecule has 216 valence electrons. The van der Waals surface area contributed by atoms with E-state index in [1.807, 2.05) is 36.4 Å². The first-order valence-electron chi connectivity index (χ1n) is 13.5. The summed E-state index contributed by atoms with van der Waals surface area (Å²) in [6.45, 7) is 6.67. The SMILES string of the molecule is CC(C)(C)[Si](OC[C@H]1C=C(F)[C@@H](n2cc(F)c(NC(=O)c3ccccc3)nc2=O)S1)(c1ccccc1)c1ccccc1. The highest BCUT2D eigenvalue weighted by Crippen LogP contribution is 2.43. The Balaban J connectivity index is 1.37. The lowest BCUT2D eigenvalue weighted by Crippen LogP contribution is -2.67. The van der Waals surface area contributed by atoms with Crippen LogP contribution in [0, 0.1) is 5.82 Å². The van der Waals surface area contributed by atoms with Gasteiger partial charge in [0.15, 0.2) is 11.6 Å². The Morgan fingerprint density at radius 2 is 1.50 bits per heavy atom. The molecule has 3 aromatic carbocycles. The standard InChI is InChI=1S/C32H31F2N3O3SSi/c1-32(2,3)42(24-15-9-5-10-16-24,25-17-11-6-12-18-25)40-21-23-19-26(33)30(41-23)37-20-27(34)28(36-31(37)39)35-29(38)22-13-7-4-8-14-22/h4-20,23,30H,21H2,1-3H3,(H,35,36,38,39)/t23-,30+/m1/s1. The van der Waals surface area contributed by atoms with Gasteiger partial charge in [-0.1, -0.05) is 99.6 Å². The van der Waals surface area contributed by atoms with Crippen LogP contribution in [0.1, 0.15) is 36.5 Å². The van der Waals surface area contributed by atoms with E-state index in [1.165, 1.54) is 6.08 Å². The van der Waals surface area contributed by atoms with Gasteiger partial charge in [0.05, 0.1) is 18.1 Å². The molecule has 2 atom stereocenters. The molecule has 0 spiro atoms. The van der Waals surface area contributed by atoms with E-state index in [2.05, 4.69) is 55.3 Å². The summed E-state index contributed by atoms with van der Waals surface area (Å²) in [5, 5.41) is 2.73. The zero-order chi connectivity index (χ0) is 29.9. The Morgan fingerprint density at radius 1 is 0.952 bits per heavy atom. The second-order valence-electron chi connectivity index (χ2n) is 11.0. The number of hydrogen-bond donors (Lipinski definition) is 1. The van der Waals surface area contributed by atoms with E-state index in [-0.39, 0.29) is 17.2 Å². The predicted octanol–water partition coefficient (Wildman–Crippen LogP) is 5.68. The molecule has 6 nitrogen and oxygen atoms in total. The number of halogens is 2. The lowest BCUT2D eigenvalue weighted by atomic mass is 10.2. The second kappa shape index (κ2) is 12.2. The second-order valence-corrected chi connectivity index (χ2v) is 16.6. The number of carbonyl (C=O) groups is 1. The molecule has 42 heavy (non-hydrogen) atoms. The molecule has 10 heteroatoms. The smallest absolute Gasteiger partial charge is 0.351 e. The zero-order valence-corrected chi connectivity index (χ0v) is 25.3. The summed E-state index contributed by atoms with van der Waals surface area (Å²) in [6, 6.07) is 28.4. The van der Waals surface area contributed by atoms with Gasteiger partial charge in [0.2, 0.25) is 0 Å². The molecule has 0 radical (unpaired) electrons. The van der Waals surface area contributed by atoms with Crippen LogP contribution in [0.4, 0.5) is 14.6 Å². The Bertz CT molecular complexity index is 1610. The molecule has 5 rings (SSSR count). The Kier molecular flexibility index (Phi) is 8.58. The van der Waals surface area contributed by atoms with Crippen molar-refractivity contribution in [3.8, 4) is 0 Å². The lowest BCUT2D eigenvalue weighted by molar-refractivity contribution is 0.102. The summed E-state index contributed by atoms with van der Waals surface area (Å²) in [4.78, 5) is 29.0. The van der Waals surface area contributed by atoms with Crippen LogP contribution in [0.2, 0.25) is 5.04 Å². The largest absolute Gasteiger partial charge is 0.406 e. The minimum Gasteiger partial charge on any atom is -0.406 e. The molecule has 1 amide bonds. The molecule has 0 aliphatic carbocycles. The highest BCUT2D eigenvalue weighted by molar-refractivity contribution is 8.00. The first-order chi connectivity index (χ1) is 20.1. The summed E-state index contributed by atoms with van der Waals surface area (Å²) in [5.41, 5.74) is -0.596. The summed E-state index contributed by atoms with van der Waals surface area (Å²) in [7, 11) is -2.86. The number of benzene rings is 3. The van der Waals surface area contributed by atoms with E-state index in [0.29, 0.717) is 0 Å². The van der Waals surface area contributed by atoms with Crippen molar-refractivity contribution >= 4 is 42.2 Å². The topological polar surface area (TPSA) is 73.2 Å². The number of nitrogens with one attached hydrogen (secondary N) is 1. The average Bonchev–Trinajstić information content (AvgIpc) is 3.35. The first-order valence-corrected chi connectivity index (χ1v) is 16.4. The van der Waals surface area contributed by atoms with Gasteiger partial charge in [-0.3, -0.25) is 9.36 Å². The molecule has 2 heterocycles. The average molecular weight is 604 g/mol. The molecular formula is C32H31F2N3O3SSi. The number of carbonyl (C=O) groups excluding carboxylic acids is 1. The molecule has 0 unspecified atom stereocenters. The van der Waals surface area contributed by atoms with E-state index in [4.69, 9.17) is 4.43 Å². The van der Waals surface area contributed by atoms with Crippen molar-refractivity contribution in [2.45, 2.75) is 36.4 Å². The molecule has 0 saturated carbocycles. The van der Waals surface area contributed by atoms with Gasteiger partial charge in [-0.05, 0) is 33.6 Å². The number of anilines is 1. The van der Waals surface area contributed by atoms with Gasteiger partial charge in [0, 0.05) is 5.56 Å². The maximum atomic E-state index is 15.3. The van der Waals surface area contributed by atoms with Crippen molar-refractivity contribution in [3.05, 3.63) is 131 Å². The van der Waals surface area contributed by atoms with Crippen LogP contribution in [0.25, 0.3) is 0 Å².